The number of nitrogens with one attached hydrogen (secondary N) is 2. The van der Waals surface area contributed by atoms with Crippen LogP contribution >= 0.6 is 24.0 Å². The molecule has 6 nitrogen and oxygen atoms in total. The van der Waals surface area contributed by atoms with Gasteiger partial charge < -0.3 is 20.3 Å². The zero-order valence-electron chi connectivity index (χ0n) is 15.8. The number of benzene rings is 1. The number of ether oxygens (including phenoxy) is 1. The molecule has 9 heteroatoms. The molecule has 2 aromatic rings. The van der Waals surface area contributed by atoms with Crippen LogP contribution in [0.2, 0.25) is 0 Å². The van der Waals surface area contributed by atoms with Gasteiger partial charge in [0, 0.05) is 45.0 Å². The maximum absolute atomic E-state index is 14.0. The first-order valence-corrected chi connectivity index (χ1v) is 8.75. The summed E-state index contributed by atoms with van der Waals surface area (Å²) in [4.78, 5) is 10.0. The lowest BCUT2D eigenvalue weighted by Gasteiger charge is -2.21. The zero-order valence-corrected chi connectivity index (χ0v) is 18.1. The number of aliphatic imine (C=N–C) groups is 1. The van der Waals surface area contributed by atoms with Crippen molar-refractivity contribution in [1.82, 2.24) is 15.6 Å². The van der Waals surface area contributed by atoms with Crippen molar-refractivity contribution >= 4 is 35.6 Å². The number of pyridine rings is 1. The second-order valence-corrected chi connectivity index (χ2v) is 6.28. The molecule has 0 saturated carbocycles. The van der Waals surface area contributed by atoms with Gasteiger partial charge in [0.15, 0.2) is 5.96 Å². The molecule has 1 aliphatic rings. The van der Waals surface area contributed by atoms with Crippen molar-refractivity contribution in [3.63, 3.8) is 0 Å². The average Bonchev–Trinajstić information content (AvgIpc) is 3.13. The number of hydrogen-bond donors (Lipinski definition) is 2. The fourth-order valence-corrected chi connectivity index (χ4v) is 3.12. The smallest absolute Gasteiger partial charge is 0.213 e. The van der Waals surface area contributed by atoms with Gasteiger partial charge >= 0.3 is 0 Å². The quantitative estimate of drug-likeness (QED) is 0.374. The number of aromatic nitrogens is 1. The fraction of sp³-hybridized carbons (Fsp3) is 0.368. The first-order chi connectivity index (χ1) is 13.1. The third-order valence-corrected chi connectivity index (χ3v) is 4.47. The normalized spacial score (nSPS) is 16.5. The molecule has 1 saturated heterocycles. The Morgan fingerprint density at radius 1 is 1.32 bits per heavy atom. The number of guanidine groups is 1. The molecule has 0 bridgehead atoms. The van der Waals surface area contributed by atoms with Crippen LogP contribution in [-0.4, -0.2) is 44.2 Å². The number of para-hydroxylation sites is 1. The number of methoxy groups -OCH3 is 1. The van der Waals surface area contributed by atoms with E-state index in [1.54, 1.807) is 25.3 Å². The van der Waals surface area contributed by atoms with E-state index in [1.807, 2.05) is 12.1 Å². The van der Waals surface area contributed by atoms with Crippen LogP contribution in [0.25, 0.3) is 0 Å². The lowest BCUT2D eigenvalue weighted by Crippen LogP contribution is -2.44. The number of hydrogen-bond acceptors (Lipinski definition) is 4. The molecule has 1 aromatic carbocycles. The molecule has 0 radical (unpaired) electrons. The summed E-state index contributed by atoms with van der Waals surface area (Å²) in [6.45, 7) is 1.63. The Morgan fingerprint density at radius 2 is 2.07 bits per heavy atom. The van der Waals surface area contributed by atoms with Crippen molar-refractivity contribution < 1.29 is 13.5 Å². The highest BCUT2D eigenvalue weighted by Gasteiger charge is 2.27. The molecule has 1 unspecified atom stereocenters. The van der Waals surface area contributed by atoms with Gasteiger partial charge in [-0.15, -0.1) is 24.0 Å². The molecule has 1 atom stereocenters. The van der Waals surface area contributed by atoms with E-state index in [9.17, 15) is 8.78 Å². The minimum atomic E-state index is -0.537. The number of rotatable bonds is 5. The van der Waals surface area contributed by atoms with Crippen LogP contribution in [0.4, 0.5) is 14.5 Å². The van der Waals surface area contributed by atoms with Crippen LogP contribution in [0.15, 0.2) is 41.5 Å². The lowest BCUT2D eigenvalue weighted by molar-refractivity contribution is 0.397. The van der Waals surface area contributed by atoms with Gasteiger partial charge in [0.05, 0.1) is 7.11 Å². The molecule has 2 heterocycles. The van der Waals surface area contributed by atoms with Crippen LogP contribution in [0.1, 0.15) is 12.0 Å². The SMILES string of the molecule is CN=C(NCc1ccnc(OC)c1)NC1CCN(c2c(F)cccc2F)C1.I. The summed E-state index contributed by atoms with van der Waals surface area (Å²) in [7, 11) is 3.26. The Morgan fingerprint density at radius 3 is 2.75 bits per heavy atom. The van der Waals surface area contributed by atoms with Crippen molar-refractivity contribution in [2.45, 2.75) is 19.0 Å². The molecule has 1 aliphatic heterocycles. The molecular formula is C19H24F2IN5O. The minimum Gasteiger partial charge on any atom is -0.481 e. The molecule has 0 aliphatic carbocycles. The Labute approximate surface area is 180 Å². The monoisotopic (exact) mass is 503 g/mol. The topological polar surface area (TPSA) is 61.8 Å². The van der Waals surface area contributed by atoms with Crippen molar-refractivity contribution in [3.05, 3.63) is 53.7 Å². The van der Waals surface area contributed by atoms with Crippen LogP contribution in [-0.2, 0) is 6.54 Å². The van der Waals surface area contributed by atoms with Gasteiger partial charge in [-0.3, -0.25) is 4.99 Å². The molecule has 1 fully saturated rings. The molecule has 0 amide bonds. The summed E-state index contributed by atoms with van der Waals surface area (Å²) in [5.41, 5.74) is 1.04. The largest absolute Gasteiger partial charge is 0.481 e. The van der Waals surface area contributed by atoms with E-state index in [-0.39, 0.29) is 35.7 Å². The molecule has 1 aromatic heterocycles. The molecule has 2 N–H and O–H groups in total. The lowest BCUT2D eigenvalue weighted by atomic mass is 10.2. The van der Waals surface area contributed by atoms with Gasteiger partial charge in [0.1, 0.15) is 17.3 Å². The first kappa shape index (κ1) is 22.1. The standard InChI is InChI=1S/C19H23F2N5O.HI/c1-22-19(24-11-13-6-8-23-17(10-13)27-2)25-14-7-9-26(12-14)18-15(20)4-3-5-16(18)21;/h3-6,8,10,14H,7,9,11-12H2,1-2H3,(H2,22,24,25);1H. The van der Waals surface area contributed by atoms with Crippen molar-refractivity contribution in [3.8, 4) is 5.88 Å². The van der Waals surface area contributed by atoms with Crippen molar-refractivity contribution in [1.29, 1.82) is 0 Å². The Balaban J connectivity index is 0.00000280. The van der Waals surface area contributed by atoms with E-state index in [0.717, 1.165) is 12.0 Å². The average molecular weight is 503 g/mol. The van der Waals surface area contributed by atoms with Gasteiger partial charge in [-0.05, 0) is 30.2 Å². The Hall–Kier alpha value is -2.17. The van der Waals surface area contributed by atoms with E-state index in [1.165, 1.54) is 18.2 Å². The van der Waals surface area contributed by atoms with Crippen molar-refractivity contribution in [2.24, 2.45) is 4.99 Å². The minimum absolute atomic E-state index is 0. The third kappa shape index (κ3) is 5.43. The van der Waals surface area contributed by atoms with Crippen LogP contribution in [0.3, 0.4) is 0 Å². The summed E-state index contributed by atoms with van der Waals surface area (Å²) in [6, 6.07) is 7.72. The second kappa shape index (κ2) is 10.4. The molecule has 28 heavy (non-hydrogen) atoms. The predicted molar refractivity (Wildman–Crippen MR) is 117 cm³/mol. The van der Waals surface area contributed by atoms with Gasteiger partial charge in [0.2, 0.25) is 5.88 Å². The van der Waals surface area contributed by atoms with Gasteiger partial charge in [-0.2, -0.15) is 0 Å². The highest BCUT2D eigenvalue weighted by atomic mass is 127. The van der Waals surface area contributed by atoms with Crippen LogP contribution < -0.4 is 20.3 Å². The predicted octanol–water partition coefficient (Wildman–Crippen LogP) is 2.93. The maximum Gasteiger partial charge on any atom is 0.213 e. The highest BCUT2D eigenvalue weighted by molar-refractivity contribution is 14.0. The summed E-state index contributed by atoms with van der Waals surface area (Å²) in [5.74, 6) is 0.108. The van der Waals surface area contributed by atoms with E-state index >= 15 is 0 Å². The van der Waals surface area contributed by atoms with Gasteiger partial charge in [0.25, 0.3) is 0 Å². The van der Waals surface area contributed by atoms with E-state index in [0.29, 0.717) is 31.5 Å². The Kier molecular flexibility index (Phi) is 8.21. The Bertz CT molecular complexity index is 800. The van der Waals surface area contributed by atoms with Crippen LogP contribution in [0.5, 0.6) is 5.88 Å². The highest BCUT2D eigenvalue weighted by Crippen LogP contribution is 2.26. The summed E-state index contributed by atoms with van der Waals surface area (Å²) in [5, 5.41) is 6.54. The molecular weight excluding hydrogens is 479 g/mol. The van der Waals surface area contributed by atoms with Crippen molar-refractivity contribution in [2.75, 3.05) is 32.1 Å². The second-order valence-electron chi connectivity index (χ2n) is 6.28. The first-order valence-electron chi connectivity index (χ1n) is 8.75. The third-order valence-electron chi connectivity index (χ3n) is 4.47. The number of nitrogens with zero attached hydrogens (tertiary/aromatic N) is 3. The van der Waals surface area contributed by atoms with E-state index in [2.05, 4.69) is 20.6 Å². The number of halogens is 3. The molecule has 152 valence electrons. The van der Waals surface area contributed by atoms with Crippen LogP contribution in [0, 0.1) is 11.6 Å². The number of anilines is 1. The van der Waals surface area contributed by atoms with Gasteiger partial charge in [-0.1, -0.05) is 6.07 Å². The fourth-order valence-electron chi connectivity index (χ4n) is 3.12. The van der Waals surface area contributed by atoms with E-state index < -0.39 is 11.6 Å². The summed E-state index contributed by atoms with van der Waals surface area (Å²) in [6.07, 6.45) is 2.45. The van der Waals surface area contributed by atoms with Gasteiger partial charge in [-0.25, -0.2) is 13.8 Å². The summed E-state index contributed by atoms with van der Waals surface area (Å²) >= 11 is 0. The molecule has 3 rings (SSSR count). The molecule has 0 spiro atoms. The maximum atomic E-state index is 14.0. The zero-order chi connectivity index (χ0) is 19.2. The van der Waals surface area contributed by atoms with E-state index in [4.69, 9.17) is 4.74 Å². The summed E-state index contributed by atoms with van der Waals surface area (Å²) < 4.78 is 33.1.